The van der Waals surface area contributed by atoms with E-state index in [1.165, 1.54) is 38.6 Å². The van der Waals surface area contributed by atoms with Gasteiger partial charge in [0.1, 0.15) is 0 Å². The van der Waals surface area contributed by atoms with Crippen LogP contribution in [0.15, 0.2) is 0 Å². The molecule has 1 nitrogen and oxygen atoms in total. The maximum atomic E-state index is 3.45. The molecule has 1 rings (SSSR count). The van der Waals surface area contributed by atoms with E-state index in [1.54, 1.807) is 0 Å². The van der Waals surface area contributed by atoms with Crippen molar-refractivity contribution in [1.82, 2.24) is 4.90 Å². The van der Waals surface area contributed by atoms with Crippen molar-refractivity contribution in [2.75, 3.05) is 19.0 Å². The SMILES string of the molecule is CN(CBr)CCC1CCCC1. The number of halogens is 1. The molecule has 1 fully saturated rings. The van der Waals surface area contributed by atoms with Gasteiger partial charge in [-0.1, -0.05) is 41.6 Å². The molecule has 2 heteroatoms. The van der Waals surface area contributed by atoms with Gasteiger partial charge in [0, 0.05) is 0 Å². The average molecular weight is 220 g/mol. The molecule has 0 aromatic rings. The first-order valence-electron chi connectivity index (χ1n) is 4.57. The van der Waals surface area contributed by atoms with Gasteiger partial charge in [0.2, 0.25) is 0 Å². The van der Waals surface area contributed by atoms with Gasteiger partial charge < -0.3 is 0 Å². The van der Waals surface area contributed by atoms with Crippen molar-refractivity contribution in [3.05, 3.63) is 0 Å². The first-order valence-corrected chi connectivity index (χ1v) is 5.69. The highest BCUT2D eigenvalue weighted by Gasteiger charge is 2.14. The Morgan fingerprint density at radius 1 is 1.36 bits per heavy atom. The molecule has 1 aliphatic carbocycles. The van der Waals surface area contributed by atoms with Crippen molar-refractivity contribution in [2.45, 2.75) is 32.1 Å². The van der Waals surface area contributed by atoms with Gasteiger partial charge in [0.05, 0.1) is 5.45 Å². The van der Waals surface area contributed by atoms with Gasteiger partial charge >= 0.3 is 0 Å². The Labute approximate surface area is 78.3 Å². The number of hydrogen-bond donors (Lipinski definition) is 0. The van der Waals surface area contributed by atoms with E-state index >= 15 is 0 Å². The first kappa shape index (κ1) is 9.53. The molecule has 0 saturated heterocycles. The molecule has 11 heavy (non-hydrogen) atoms. The summed E-state index contributed by atoms with van der Waals surface area (Å²) in [5.74, 6) is 1.04. The molecule has 0 aliphatic heterocycles. The van der Waals surface area contributed by atoms with E-state index in [-0.39, 0.29) is 0 Å². The van der Waals surface area contributed by atoms with Crippen LogP contribution in [0.25, 0.3) is 0 Å². The molecule has 66 valence electrons. The molecule has 1 saturated carbocycles. The van der Waals surface area contributed by atoms with Crippen LogP contribution < -0.4 is 0 Å². The van der Waals surface area contributed by atoms with E-state index in [1.807, 2.05) is 0 Å². The van der Waals surface area contributed by atoms with Crippen molar-refractivity contribution in [3.63, 3.8) is 0 Å². The topological polar surface area (TPSA) is 3.24 Å². The molecule has 0 bridgehead atoms. The maximum Gasteiger partial charge on any atom is 0.0539 e. The van der Waals surface area contributed by atoms with Crippen molar-refractivity contribution < 1.29 is 0 Å². The van der Waals surface area contributed by atoms with E-state index < -0.39 is 0 Å². The van der Waals surface area contributed by atoms with Crippen LogP contribution in [0.1, 0.15) is 32.1 Å². The summed E-state index contributed by atoms with van der Waals surface area (Å²) in [5, 5.41) is 0. The van der Waals surface area contributed by atoms with Gasteiger partial charge in [-0.2, -0.15) is 0 Å². The highest BCUT2D eigenvalue weighted by atomic mass is 79.9. The number of hydrogen-bond acceptors (Lipinski definition) is 1. The van der Waals surface area contributed by atoms with Crippen LogP contribution in [0.5, 0.6) is 0 Å². The van der Waals surface area contributed by atoms with E-state index in [0.29, 0.717) is 0 Å². The summed E-state index contributed by atoms with van der Waals surface area (Å²) in [4.78, 5) is 2.33. The lowest BCUT2D eigenvalue weighted by atomic mass is 10.0. The van der Waals surface area contributed by atoms with Gasteiger partial charge in [-0.3, -0.25) is 4.90 Å². The van der Waals surface area contributed by atoms with Gasteiger partial charge in [0.15, 0.2) is 0 Å². The van der Waals surface area contributed by atoms with Gasteiger partial charge in [-0.05, 0) is 25.9 Å². The Morgan fingerprint density at radius 2 is 2.00 bits per heavy atom. The highest BCUT2D eigenvalue weighted by molar-refractivity contribution is 9.09. The Bertz CT molecular complexity index is 99.7. The zero-order valence-corrected chi connectivity index (χ0v) is 8.94. The average Bonchev–Trinajstić information content (AvgIpc) is 2.52. The van der Waals surface area contributed by atoms with Gasteiger partial charge in [0.25, 0.3) is 0 Å². The maximum absolute atomic E-state index is 3.45. The zero-order valence-electron chi connectivity index (χ0n) is 7.35. The fourth-order valence-corrected chi connectivity index (χ4v) is 2.01. The summed E-state index contributed by atoms with van der Waals surface area (Å²) < 4.78 is 0. The van der Waals surface area contributed by atoms with Crippen molar-refractivity contribution >= 4 is 15.9 Å². The van der Waals surface area contributed by atoms with Crippen molar-refractivity contribution in [2.24, 2.45) is 5.92 Å². The lowest BCUT2D eigenvalue weighted by Gasteiger charge is -2.15. The zero-order chi connectivity index (χ0) is 8.10. The third-order valence-corrected chi connectivity index (χ3v) is 3.45. The monoisotopic (exact) mass is 219 g/mol. The van der Waals surface area contributed by atoms with Crippen molar-refractivity contribution in [1.29, 1.82) is 0 Å². The minimum absolute atomic E-state index is 1.01. The summed E-state index contributed by atoms with van der Waals surface area (Å²) in [6.07, 6.45) is 7.32. The van der Waals surface area contributed by atoms with E-state index in [2.05, 4.69) is 27.9 Å². The Morgan fingerprint density at radius 3 is 2.55 bits per heavy atom. The Hall–Kier alpha value is 0.440. The summed E-state index contributed by atoms with van der Waals surface area (Å²) in [6.45, 7) is 1.26. The number of rotatable bonds is 4. The number of alkyl halides is 1. The minimum Gasteiger partial charge on any atom is -0.297 e. The second-order valence-electron chi connectivity index (χ2n) is 3.64. The summed E-state index contributed by atoms with van der Waals surface area (Å²) in [6, 6.07) is 0. The smallest absolute Gasteiger partial charge is 0.0539 e. The van der Waals surface area contributed by atoms with Crippen LogP contribution in [0.2, 0.25) is 0 Å². The third kappa shape index (κ3) is 3.57. The second-order valence-corrected chi connectivity index (χ2v) is 4.14. The van der Waals surface area contributed by atoms with Gasteiger partial charge in [-0.15, -0.1) is 0 Å². The fraction of sp³-hybridized carbons (Fsp3) is 1.00. The summed E-state index contributed by atoms with van der Waals surface area (Å²) in [5.41, 5.74) is 1.01. The molecule has 0 atom stereocenters. The Kier molecular flexibility index (Phi) is 4.46. The molecule has 0 aromatic carbocycles. The van der Waals surface area contributed by atoms with Crippen LogP contribution in [-0.2, 0) is 0 Å². The lowest BCUT2D eigenvalue weighted by Crippen LogP contribution is -2.19. The molecule has 0 amide bonds. The summed E-state index contributed by atoms with van der Waals surface area (Å²) >= 11 is 3.45. The second kappa shape index (κ2) is 5.15. The van der Waals surface area contributed by atoms with E-state index in [9.17, 15) is 0 Å². The van der Waals surface area contributed by atoms with Crippen LogP contribution in [0, 0.1) is 5.92 Å². The molecule has 0 N–H and O–H groups in total. The molecule has 0 heterocycles. The predicted molar refractivity (Wildman–Crippen MR) is 53.0 cm³/mol. The molecule has 0 spiro atoms. The molecular weight excluding hydrogens is 202 g/mol. The molecular formula is C9H18BrN. The van der Waals surface area contributed by atoms with Crippen LogP contribution in [-0.4, -0.2) is 23.9 Å². The predicted octanol–water partition coefficient (Wildman–Crippen LogP) is 2.85. The first-order chi connectivity index (χ1) is 5.33. The van der Waals surface area contributed by atoms with Crippen LogP contribution in [0.4, 0.5) is 0 Å². The number of nitrogens with zero attached hydrogens (tertiary/aromatic N) is 1. The summed E-state index contributed by atoms with van der Waals surface area (Å²) in [7, 11) is 2.17. The molecule has 0 radical (unpaired) electrons. The normalized spacial score (nSPS) is 19.9. The molecule has 1 aliphatic rings. The van der Waals surface area contributed by atoms with Crippen LogP contribution >= 0.6 is 15.9 Å². The molecule has 0 unspecified atom stereocenters. The minimum atomic E-state index is 1.01. The highest BCUT2D eigenvalue weighted by Crippen LogP contribution is 2.27. The van der Waals surface area contributed by atoms with Gasteiger partial charge in [-0.25, -0.2) is 0 Å². The largest absolute Gasteiger partial charge is 0.297 e. The Balaban J connectivity index is 2.01. The van der Waals surface area contributed by atoms with E-state index in [4.69, 9.17) is 0 Å². The standard InChI is InChI=1S/C9H18BrN/c1-11(8-10)7-6-9-4-2-3-5-9/h9H,2-8H2,1H3. The van der Waals surface area contributed by atoms with E-state index in [0.717, 1.165) is 11.4 Å². The molecule has 0 aromatic heterocycles. The third-order valence-electron chi connectivity index (χ3n) is 2.60. The fourth-order valence-electron chi connectivity index (χ4n) is 1.76. The van der Waals surface area contributed by atoms with Crippen molar-refractivity contribution in [3.8, 4) is 0 Å². The van der Waals surface area contributed by atoms with Crippen LogP contribution in [0.3, 0.4) is 0 Å². The quantitative estimate of drug-likeness (QED) is 0.520. The lowest BCUT2D eigenvalue weighted by molar-refractivity contribution is 0.344.